The van der Waals surface area contributed by atoms with E-state index < -0.39 is 5.97 Å². The molecule has 0 spiro atoms. The molecule has 2 amide bonds. The van der Waals surface area contributed by atoms with E-state index in [4.69, 9.17) is 5.11 Å². The van der Waals surface area contributed by atoms with Crippen molar-refractivity contribution in [1.82, 2.24) is 10.6 Å². The molecule has 5 nitrogen and oxygen atoms in total. The summed E-state index contributed by atoms with van der Waals surface area (Å²) in [6.45, 7) is 3.29. The van der Waals surface area contributed by atoms with Crippen molar-refractivity contribution >= 4 is 12.0 Å². The van der Waals surface area contributed by atoms with E-state index >= 15 is 0 Å². The smallest absolute Gasteiger partial charge is 0.314 e. The van der Waals surface area contributed by atoms with Crippen LogP contribution in [0.15, 0.2) is 0 Å². The maximum atomic E-state index is 11.3. The minimum absolute atomic E-state index is 0.0952. The average Bonchev–Trinajstić information content (AvgIpc) is 2.18. The summed E-state index contributed by atoms with van der Waals surface area (Å²) in [4.78, 5) is 21.5. The van der Waals surface area contributed by atoms with Gasteiger partial charge in [-0.1, -0.05) is 13.3 Å². The molecule has 5 heteroatoms. The SMILES string of the molecule is CC1(CNC(=O)NCCCC(=O)O)CCC1. The van der Waals surface area contributed by atoms with Crippen LogP contribution in [0.2, 0.25) is 0 Å². The van der Waals surface area contributed by atoms with Crippen molar-refractivity contribution in [3.63, 3.8) is 0 Å². The van der Waals surface area contributed by atoms with Crippen LogP contribution >= 0.6 is 0 Å². The van der Waals surface area contributed by atoms with Crippen LogP contribution in [0.1, 0.15) is 39.0 Å². The number of amides is 2. The van der Waals surface area contributed by atoms with Crippen LogP contribution in [0.4, 0.5) is 4.79 Å². The number of carboxylic acid groups (broad SMARTS) is 1. The first-order valence-electron chi connectivity index (χ1n) is 5.75. The minimum Gasteiger partial charge on any atom is -0.481 e. The zero-order valence-electron chi connectivity index (χ0n) is 9.71. The second-order valence-corrected chi connectivity index (χ2v) is 4.77. The number of aliphatic carboxylic acids is 1. The number of carboxylic acids is 1. The molecule has 0 heterocycles. The second-order valence-electron chi connectivity index (χ2n) is 4.77. The Kier molecular flexibility index (Phi) is 4.58. The molecule has 1 aliphatic carbocycles. The molecule has 0 aromatic carbocycles. The minimum atomic E-state index is -0.829. The van der Waals surface area contributed by atoms with Crippen LogP contribution in [0.5, 0.6) is 0 Å². The van der Waals surface area contributed by atoms with E-state index in [0.29, 0.717) is 19.5 Å². The molecular weight excluding hydrogens is 208 g/mol. The quantitative estimate of drug-likeness (QED) is 0.600. The van der Waals surface area contributed by atoms with Crippen LogP contribution in [0.25, 0.3) is 0 Å². The van der Waals surface area contributed by atoms with Crippen LogP contribution in [-0.4, -0.2) is 30.2 Å². The fourth-order valence-corrected chi connectivity index (χ4v) is 1.75. The molecule has 92 valence electrons. The molecule has 1 fully saturated rings. The van der Waals surface area contributed by atoms with Crippen molar-refractivity contribution in [2.24, 2.45) is 5.41 Å². The number of carbonyl (C=O) groups is 2. The molecule has 0 aromatic rings. The van der Waals surface area contributed by atoms with E-state index in [0.717, 1.165) is 0 Å². The molecule has 1 rings (SSSR count). The van der Waals surface area contributed by atoms with Crippen molar-refractivity contribution in [2.75, 3.05) is 13.1 Å². The normalized spacial score (nSPS) is 17.3. The van der Waals surface area contributed by atoms with Gasteiger partial charge in [-0.15, -0.1) is 0 Å². The maximum absolute atomic E-state index is 11.3. The summed E-state index contributed by atoms with van der Waals surface area (Å²) in [7, 11) is 0. The van der Waals surface area contributed by atoms with Crippen molar-refractivity contribution in [1.29, 1.82) is 0 Å². The topological polar surface area (TPSA) is 78.4 Å². The number of nitrogens with one attached hydrogen (secondary N) is 2. The fourth-order valence-electron chi connectivity index (χ4n) is 1.75. The summed E-state index contributed by atoms with van der Waals surface area (Å²) in [5.41, 5.74) is 0.276. The van der Waals surface area contributed by atoms with Crippen molar-refractivity contribution in [3.05, 3.63) is 0 Å². The molecule has 0 aromatic heterocycles. The number of urea groups is 1. The molecule has 3 N–H and O–H groups in total. The first-order chi connectivity index (χ1) is 7.52. The molecule has 0 unspecified atom stereocenters. The van der Waals surface area contributed by atoms with Gasteiger partial charge >= 0.3 is 12.0 Å². The summed E-state index contributed by atoms with van der Waals surface area (Å²) in [5, 5.41) is 13.9. The molecule has 0 radical (unpaired) electrons. The van der Waals surface area contributed by atoms with Gasteiger partial charge in [0.05, 0.1) is 0 Å². The third-order valence-electron chi connectivity index (χ3n) is 3.09. The number of rotatable bonds is 6. The highest BCUT2D eigenvalue weighted by atomic mass is 16.4. The van der Waals surface area contributed by atoms with E-state index in [1.165, 1.54) is 19.3 Å². The molecule has 16 heavy (non-hydrogen) atoms. The van der Waals surface area contributed by atoms with Crippen LogP contribution in [-0.2, 0) is 4.79 Å². The Bertz CT molecular complexity index is 262. The first kappa shape index (κ1) is 12.8. The third-order valence-corrected chi connectivity index (χ3v) is 3.09. The van der Waals surface area contributed by atoms with E-state index in [-0.39, 0.29) is 17.9 Å². The number of hydrogen-bond donors (Lipinski definition) is 3. The zero-order valence-corrected chi connectivity index (χ0v) is 9.71. The van der Waals surface area contributed by atoms with E-state index in [1.54, 1.807) is 0 Å². The van der Waals surface area contributed by atoms with Gasteiger partial charge in [0.1, 0.15) is 0 Å². The van der Waals surface area contributed by atoms with Gasteiger partial charge in [0.15, 0.2) is 0 Å². The van der Waals surface area contributed by atoms with Gasteiger partial charge in [0, 0.05) is 19.5 Å². The predicted molar refractivity (Wildman–Crippen MR) is 60.2 cm³/mol. The summed E-state index contributed by atoms with van der Waals surface area (Å²) in [6.07, 6.45) is 4.16. The van der Waals surface area contributed by atoms with E-state index in [1.807, 2.05) is 0 Å². The molecular formula is C11H20N2O3. The van der Waals surface area contributed by atoms with E-state index in [2.05, 4.69) is 17.6 Å². The number of hydrogen-bond acceptors (Lipinski definition) is 2. The van der Waals surface area contributed by atoms with Gasteiger partial charge in [-0.05, 0) is 24.7 Å². The maximum Gasteiger partial charge on any atom is 0.314 e. The second kappa shape index (κ2) is 5.72. The van der Waals surface area contributed by atoms with E-state index in [9.17, 15) is 9.59 Å². The lowest BCUT2D eigenvalue weighted by molar-refractivity contribution is -0.137. The summed E-state index contributed by atoms with van der Waals surface area (Å²) in [6, 6.07) is -0.196. The van der Waals surface area contributed by atoms with Crippen LogP contribution < -0.4 is 10.6 Å². The largest absolute Gasteiger partial charge is 0.481 e. The Morgan fingerprint density at radius 3 is 2.50 bits per heavy atom. The zero-order chi connectivity index (χ0) is 12.0. The summed E-state index contributed by atoms with van der Waals surface area (Å²) < 4.78 is 0. The lowest BCUT2D eigenvalue weighted by Crippen LogP contribution is -2.44. The Morgan fingerprint density at radius 2 is 2.00 bits per heavy atom. The summed E-state index contributed by atoms with van der Waals surface area (Å²) in [5.74, 6) is -0.829. The average molecular weight is 228 g/mol. The number of carbonyl (C=O) groups excluding carboxylic acids is 1. The Labute approximate surface area is 95.6 Å². The molecule has 0 atom stereocenters. The highest BCUT2D eigenvalue weighted by molar-refractivity contribution is 5.74. The van der Waals surface area contributed by atoms with Crippen LogP contribution in [0, 0.1) is 5.41 Å². The van der Waals surface area contributed by atoms with Gasteiger partial charge in [-0.25, -0.2) is 4.79 Å². The fraction of sp³-hybridized carbons (Fsp3) is 0.818. The first-order valence-corrected chi connectivity index (χ1v) is 5.75. The molecule has 1 aliphatic rings. The van der Waals surface area contributed by atoms with Gasteiger partial charge in [0.25, 0.3) is 0 Å². The predicted octanol–water partition coefficient (Wildman–Crippen LogP) is 1.34. The van der Waals surface area contributed by atoms with Crippen molar-refractivity contribution < 1.29 is 14.7 Å². The summed E-state index contributed by atoms with van der Waals surface area (Å²) >= 11 is 0. The van der Waals surface area contributed by atoms with Crippen molar-refractivity contribution in [2.45, 2.75) is 39.0 Å². The van der Waals surface area contributed by atoms with Gasteiger partial charge in [0.2, 0.25) is 0 Å². The highest BCUT2D eigenvalue weighted by Crippen LogP contribution is 2.39. The molecule has 1 saturated carbocycles. The van der Waals surface area contributed by atoms with Crippen molar-refractivity contribution in [3.8, 4) is 0 Å². The lowest BCUT2D eigenvalue weighted by Gasteiger charge is -2.38. The molecule has 0 bridgehead atoms. The Morgan fingerprint density at radius 1 is 1.31 bits per heavy atom. The van der Waals surface area contributed by atoms with Gasteiger partial charge in [-0.2, -0.15) is 0 Å². The Balaban J connectivity index is 2.00. The van der Waals surface area contributed by atoms with Crippen LogP contribution in [0.3, 0.4) is 0 Å². The standard InChI is InChI=1S/C11H20N2O3/c1-11(5-3-6-11)8-13-10(16)12-7-2-4-9(14)15/h2-8H2,1H3,(H,14,15)(H2,12,13,16). The lowest BCUT2D eigenvalue weighted by atomic mass is 9.70. The van der Waals surface area contributed by atoms with Gasteiger partial charge in [-0.3, -0.25) is 4.79 Å². The molecule has 0 aliphatic heterocycles. The molecule has 0 saturated heterocycles. The highest BCUT2D eigenvalue weighted by Gasteiger charge is 2.31. The van der Waals surface area contributed by atoms with Gasteiger partial charge < -0.3 is 15.7 Å². The monoisotopic (exact) mass is 228 g/mol. The third kappa shape index (κ3) is 4.51. The Hall–Kier alpha value is -1.26.